The highest BCUT2D eigenvalue weighted by Crippen LogP contribution is 2.16. The van der Waals surface area contributed by atoms with Crippen molar-refractivity contribution in [2.24, 2.45) is 0 Å². The van der Waals surface area contributed by atoms with Crippen LogP contribution in [0.3, 0.4) is 0 Å². The Balaban J connectivity index is 2.44. The quantitative estimate of drug-likeness (QED) is 0.676. The van der Waals surface area contributed by atoms with Crippen LogP contribution in [0.2, 0.25) is 0 Å². The van der Waals surface area contributed by atoms with E-state index in [9.17, 15) is 4.79 Å². The van der Waals surface area contributed by atoms with E-state index in [0.29, 0.717) is 6.42 Å². The van der Waals surface area contributed by atoms with Crippen LogP contribution in [0.5, 0.6) is 0 Å². The Morgan fingerprint density at radius 1 is 1.38 bits per heavy atom. The monoisotopic (exact) mass is 185 g/mol. The van der Waals surface area contributed by atoms with Crippen molar-refractivity contribution in [3.63, 3.8) is 0 Å². The lowest BCUT2D eigenvalue weighted by Crippen LogP contribution is -2.40. The van der Waals surface area contributed by atoms with Crippen LogP contribution < -0.4 is 5.32 Å². The number of nitrogens with one attached hydrogen (secondary N) is 1. The fourth-order valence-electron chi connectivity index (χ4n) is 1.45. The zero-order chi connectivity index (χ0) is 9.90. The number of rotatable bonds is 1. The van der Waals surface area contributed by atoms with Gasteiger partial charge in [0.1, 0.15) is 6.23 Å². The number of hydrogen-bond acceptors (Lipinski definition) is 2. The van der Waals surface area contributed by atoms with Crippen LogP contribution in [0, 0.1) is 0 Å². The summed E-state index contributed by atoms with van der Waals surface area (Å²) in [6, 6.07) is 0. The lowest BCUT2D eigenvalue weighted by atomic mass is 10.1. The van der Waals surface area contributed by atoms with Gasteiger partial charge in [0.15, 0.2) is 0 Å². The molecule has 13 heavy (non-hydrogen) atoms. The van der Waals surface area contributed by atoms with Gasteiger partial charge in [-0.2, -0.15) is 0 Å². The maximum absolute atomic E-state index is 11.2. The Bertz CT molecular complexity index is 184. The number of carbonyl (C=O) groups excluding carboxylic acids is 1. The molecule has 76 valence electrons. The molecule has 0 bridgehead atoms. The molecular weight excluding hydrogens is 166 g/mol. The molecule has 1 unspecified atom stereocenters. The molecular formula is C10H19NO2. The van der Waals surface area contributed by atoms with Crippen LogP contribution >= 0.6 is 0 Å². The first-order valence-corrected chi connectivity index (χ1v) is 4.94. The van der Waals surface area contributed by atoms with Gasteiger partial charge >= 0.3 is 0 Å². The SMILES string of the molecule is CC(C)(C)OC1CCCCC(=O)N1. The van der Waals surface area contributed by atoms with Crippen molar-refractivity contribution in [3.05, 3.63) is 0 Å². The summed E-state index contributed by atoms with van der Waals surface area (Å²) in [6.45, 7) is 6.01. The van der Waals surface area contributed by atoms with Crippen LogP contribution in [0.4, 0.5) is 0 Å². The van der Waals surface area contributed by atoms with E-state index in [1.165, 1.54) is 0 Å². The molecule has 1 aliphatic heterocycles. The topological polar surface area (TPSA) is 38.3 Å². The second-order valence-electron chi connectivity index (χ2n) is 4.53. The maximum atomic E-state index is 11.2. The molecule has 0 spiro atoms. The van der Waals surface area contributed by atoms with Crippen molar-refractivity contribution in [1.29, 1.82) is 0 Å². The van der Waals surface area contributed by atoms with Gasteiger partial charge in [-0.05, 0) is 40.0 Å². The molecule has 0 aliphatic carbocycles. The van der Waals surface area contributed by atoms with Crippen LogP contribution in [0.15, 0.2) is 0 Å². The van der Waals surface area contributed by atoms with Gasteiger partial charge in [-0.25, -0.2) is 0 Å². The van der Waals surface area contributed by atoms with Crippen LogP contribution in [0.1, 0.15) is 46.5 Å². The predicted octanol–water partition coefficient (Wildman–Crippen LogP) is 1.82. The molecule has 1 saturated heterocycles. The van der Waals surface area contributed by atoms with Gasteiger partial charge in [-0.1, -0.05) is 0 Å². The molecule has 3 nitrogen and oxygen atoms in total. The number of ether oxygens (including phenoxy) is 1. The van der Waals surface area contributed by atoms with Gasteiger partial charge in [0, 0.05) is 6.42 Å². The number of hydrogen-bond donors (Lipinski definition) is 1. The molecule has 0 radical (unpaired) electrons. The van der Waals surface area contributed by atoms with Crippen LogP contribution in [-0.2, 0) is 9.53 Å². The minimum atomic E-state index is -0.178. The lowest BCUT2D eigenvalue weighted by Gasteiger charge is -2.27. The van der Waals surface area contributed by atoms with Crippen LogP contribution in [0.25, 0.3) is 0 Å². The Labute approximate surface area is 79.8 Å². The Morgan fingerprint density at radius 2 is 2.08 bits per heavy atom. The summed E-state index contributed by atoms with van der Waals surface area (Å²) in [5, 5.41) is 2.87. The van der Waals surface area contributed by atoms with E-state index >= 15 is 0 Å². The van der Waals surface area contributed by atoms with Crippen molar-refractivity contribution < 1.29 is 9.53 Å². The molecule has 0 aromatic rings. The van der Waals surface area contributed by atoms with Gasteiger partial charge in [-0.15, -0.1) is 0 Å². The van der Waals surface area contributed by atoms with E-state index in [0.717, 1.165) is 19.3 Å². The maximum Gasteiger partial charge on any atom is 0.221 e. The Hall–Kier alpha value is -0.570. The summed E-state index contributed by atoms with van der Waals surface area (Å²) >= 11 is 0. The van der Waals surface area contributed by atoms with E-state index in [2.05, 4.69) is 5.32 Å². The molecule has 1 fully saturated rings. The first-order chi connectivity index (χ1) is 5.97. The third-order valence-corrected chi connectivity index (χ3v) is 1.94. The molecule has 1 amide bonds. The fourth-order valence-corrected chi connectivity index (χ4v) is 1.45. The molecule has 1 aliphatic rings. The largest absolute Gasteiger partial charge is 0.353 e. The second-order valence-corrected chi connectivity index (χ2v) is 4.53. The summed E-state index contributed by atoms with van der Waals surface area (Å²) < 4.78 is 5.70. The van der Waals surface area contributed by atoms with Crippen LogP contribution in [-0.4, -0.2) is 17.7 Å². The van der Waals surface area contributed by atoms with Gasteiger partial charge in [0.05, 0.1) is 5.60 Å². The lowest BCUT2D eigenvalue weighted by molar-refractivity contribution is -0.129. The molecule has 0 aromatic heterocycles. The predicted molar refractivity (Wildman–Crippen MR) is 51.2 cm³/mol. The van der Waals surface area contributed by atoms with E-state index in [-0.39, 0.29) is 17.7 Å². The summed E-state index contributed by atoms with van der Waals surface area (Å²) in [4.78, 5) is 11.2. The van der Waals surface area contributed by atoms with Gasteiger partial charge in [0.2, 0.25) is 5.91 Å². The molecule has 1 rings (SSSR count). The Kier molecular flexibility index (Phi) is 3.31. The van der Waals surface area contributed by atoms with E-state index in [1.54, 1.807) is 0 Å². The third kappa shape index (κ3) is 4.27. The number of amides is 1. The Morgan fingerprint density at radius 3 is 2.69 bits per heavy atom. The first kappa shape index (κ1) is 10.5. The number of carbonyl (C=O) groups is 1. The average Bonchev–Trinajstić information content (AvgIpc) is 2.10. The first-order valence-electron chi connectivity index (χ1n) is 4.94. The highest BCUT2D eigenvalue weighted by molar-refractivity contribution is 5.76. The normalized spacial score (nSPS) is 25.2. The second kappa shape index (κ2) is 4.09. The third-order valence-electron chi connectivity index (χ3n) is 1.94. The highest BCUT2D eigenvalue weighted by Gasteiger charge is 2.22. The fraction of sp³-hybridized carbons (Fsp3) is 0.900. The zero-order valence-electron chi connectivity index (χ0n) is 8.72. The summed E-state index contributed by atoms with van der Waals surface area (Å²) in [5.74, 6) is 0.117. The van der Waals surface area contributed by atoms with Crippen molar-refractivity contribution in [1.82, 2.24) is 5.32 Å². The van der Waals surface area contributed by atoms with Crippen molar-refractivity contribution >= 4 is 5.91 Å². The van der Waals surface area contributed by atoms with Gasteiger partial charge < -0.3 is 10.1 Å². The van der Waals surface area contributed by atoms with E-state index in [1.807, 2.05) is 20.8 Å². The summed E-state index contributed by atoms with van der Waals surface area (Å²) in [6.07, 6.45) is 3.54. The average molecular weight is 185 g/mol. The van der Waals surface area contributed by atoms with Gasteiger partial charge in [-0.3, -0.25) is 4.79 Å². The van der Waals surface area contributed by atoms with Crippen molar-refractivity contribution in [3.8, 4) is 0 Å². The summed E-state index contributed by atoms with van der Waals surface area (Å²) in [7, 11) is 0. The standard InChI is InChI=1S/C10H19NO2/c1-10(2,3)13-9-7-5-4-6-8(12)11-9/h9H,4-7H2,1-3H3,(H,11,12). The van der Waals surface area contributed by atoms with Crippen molar-refractivity contribution in [2.45, 2.75) is 58.3 Å². The van der Waals surface area contributed by atoms with E-state index < -0.39 is 0 Å². The molecule has 1 heterocycles. The summed E-state index contributed by atoms with van der Waals surface area (Å²) in [5.41, 5.74) is -0.178. The smallest absolute Gasteiger partial charge is 0.221 e. The van der Waals surface area contributed by atoms with Crippen molar-refractivity contribution in [2.75, 3.05) is 0 Å². The van der Waals surface area contributed by atoms with E-state index in [4.69, 9.17) is 4.74 Å². The van der Waals surface area contributed by atoms with Gasteiger partial charge in [0.25, 0.3) is 0 Å². The molecule has 0 aromatic carbocycles. The molecule has 0 saturated carbocycles. The zero-order valence-corrected chi connectivity index (χ0v) is 8.72. The molecule has 1 N–H and O–H groups in total. The minimum absolute atomic E-state index is 0.0880. The highest BCUT2D eigenvalue weighted by atomic mass is 16.5. The molecule has 3 heteroatoms. The molecule has 1 atom stereocenters. The minimum Gasteiger partial charge on any atom is -0.353 e.